The van der Waals surface area contributed by atoms with Crippen LogP contribution in [0.3, 0.4) is 0 Å². The number of hydrogen-bond donors (Lipinski definition) is 1. The number of aromatic nitrogens is 2. The zero-order valence-electron chi connectivity index (χ0n) is 16.0. The van der Waals surface area contributed by atoms with Gasteiger partial charge in [0.05, 0.1) is 16.7 Å². The van der Waals surface area contributed by atoms with Crippen molar-refractivity contribution in [1.29, 1.82) is 0 Å². The number of fused-ring (bicyclic) bond motifs is 1. The summed E-state index contributed by atoms with van der Waals surface area (Å²) in [6.45, 7) is 0. The quantitative estimate of drug-likeness (QED) is 0.312. The van der Waals surface area contributed by atoms with Crippen LogP contribution < -0.4 is 4.90 Å². The van der Waals surface area contributed by atoms with Gasteiger partial charge in [0.25, 0.3) is 11.6 Å². The van der Waals surface area contributed by atoms with E-state index in [1.165, 1.54) is 12.1 Å². The van der Waals surface area contributed by atoms with Crippen molar-refractivity contribution in [3.05, 3.63) is 110 Å². The summed E-state index contributed by atoms with van der Waals surface area (Å²) in [5.41, 5.74) is 4.23. The highest BCUT2D eigenvalue weighted by Crippen LogP contribution is 2.45. The van der Waals surface area contributed by atoms with E-state index in [2.05, 4.69) is 26.1 Å². The molecule has 0 saturated heterocycles. The van der Waals surface area contributed by atoms with E-state index in [1.807, 2.05) is 54.6 Å². The van der Waals surface area contributed by atoms with Crippen LogP contribution in [0.1, 0.15) is 27.7 Å². The van der Waals surface area contributed by atoms with Crippen LogP contribution in [0, 0.1) is 10.1 Å². The molecule has 31 heavy (non-hydrogen) atoms. The molecule has 1 N–H and O–H groups in total. The number of anilines is 1. The fourth-order valence-corrected chi connectivity index (χ4v) is 4.19. The highest BCUT2D eigenvalue weighted by atomic mass is 79.9. The maximum absolute atomic E-state index is 13.4. The van der Waals surface area contributed by atoms with Gasteiger partial charge >= 0.3 is 0 Å². The molecule has 1 amide bonds. The van der Waals surface area contributed by atoms with Crippen LogP contribution in [0.5, 0.6) is 0 Å². The minimum Gasteiger partial charge on any atom is -0.295 e. The standard InChI is InChI=1S/C23H15BrN4O3/c24-16-10-6-14(7-11-16)20-19-21(26-25-20)23(29)27(17-4-2-1-3-5-17)22(19)15-8-12-18(13-9-15)28(30)31/h1-13,22H,(H,25,26). The highest BCUT2D eigenvalue weighted by molar-refractivity contribution is 9.10. The van der Waals surface area contributed by atoms with Crippen molar-refractivity contribution in [3.63, 3.8) is 0 Å². The number of nitrogens with zero attached hydrogens (tertiary/aromatic N) is 3. The molecule has 1 aliphatic rings. The molecule has 3 aromatic carbocycles. The minimum atomic E-state index is -0.469. The minimum absolute atomic E-state index is 0.000107. The first kappa shape index (κ1) is 19.2. The topological polar surface area (TPSA) is 92.1 Å². The van der Waals surface area contributed by atoms with Crippen LogP contribution in [-0.2, 0) is 0 Å². The Kier molecular flexibility index (Phi) is 4.63. The summed E-state index contributed by atoms with van der Waals surface area (Å²) in [5, 5.41) is 18.5. The van der Waals surface area contributed by atoms with Gasteiger partial charge in [-0.25, -0.2) is 0 Å². The number of non-ortho nitro benzene ring substituents is 1. The first-order chi connectivity index (χ1) is 15.0. The van der Waals surface area contributed by atoms with Gasteiger partial charge in [-0.1, -0.05) is 46.3 Å². The molecule has 1 aliphatic heterocycles. The van der Waals surface area contributed by atoms with Crippen molar-refractivity contribution in [2.45, 2.75) is 6.04 Å². The predicted octanol–water partition coefficient (Wildman–Crippen LogP) is 5.50. The molecule has 1 aromatic heterocycles. The Morgan fingerprint density at radius 1 is 0.968 bits per heavy atom. The van der Waals surface area contributed by atoms with E-state index in [0.29, 0.717) is 11.4 Å². The first-order valence-electron chi connectivity index (χ1n) is 9.52. The number of halogens is 1. The van der Waals surface area contributed by atoms with Crippen LogP contribution in [0.4, 0.5) is 11.4 Å². The average molecular weight is 475 g/mol. The van der Waals surface area contributed by atoms with Crippen LogP contribution in [0.15, 0.2) is 83.3 Å². The Morgan fingerprint density at radius 2 is 1.65 bits per heavy atom. The molecule has 2 heterocycles. The molecular formula is C23H15BrN4O3. The molecule has 5 rings (SSSR count). The van der Waals surface area contributed by atoms with Gasteiger partial charge < -0.3 is 0 Å². The van der Waals surface area contributed by atoms with Crippen LogP contribution in [-0.4, -0.2) is 21.0 Å². The molecule has 152 valence electrons. The lowest BCUT2D eigenvalue weighted by atomic mass is 9.95. The summed E-state index contributed by atoms with van der Waals surface area (Å²) < 4.78 is 0.942. The summed E-state index contributed by atoms with van der Waals surface area (Å²) in [6.07, 6.45) is 0. The lowest BCUT2D eigenvalue weighted by Gasteiger charge is -2.26. The van der Waals surface area contributed by atoms with Gasteiger partial charge in [0.2, 0.25) is 0 Å². The number of carbonyl (C=O) groups excluding carboxylic acids is 1. The van der Waals surface area contributed by atoms with Gasteiger partial charge in [-0.05, 0) is 42.0 Å². The van der Waals surface area contributed by atoms with Crippen LogP contribution in [0.25, 0.3) is 11.3 Å². The van der Waals surface area contributed by atoms with E-state index in [9.17, 15) is 14.9 Å². The molecule has 0 spiro atoms. The number of nitro benzene ring substituents is 1. The number of rotatable bonds is 4. The third-order valence-corrected chi connectivity index (χ3v) is 5.87. The monoisotopic (exact) mass is 474 g/mol. The Balaban J connectivity index is 1.70. The summed E-state index contributed by atoms with van der Waals surface area (Å²) >= 11 is 3.44. The fraction of sp³-hybridized carbons (Fsp3) is 0.0435. The van der Waals surface area contributed by atoms with Crippen LogP contribution >= 0.6 is 15.9 Å². The first-order valence-corrected chi connectivity index (χ1v) is 10.3. The molecule has 1 unspecified atom stereocenters. The smallest absolute Gasteiger partial charge is 0.277 e. The van der Waals surface area contributed by atoms with Gasteiger partial charge in [0, 0.05) is 33.4 Å². The van der Waals surface area contributed by atoms with Gasteiger partial charge in [-0.15, -0.1) is 0 Å². The maximum Gasteiger partial charge on any atom is 0.277 e. The predicted molar refractivity (Wildman–Crippen MR) is 120 cm³/mol. The number of benzene rings is 3. The zero-order valence-corrected chi connectivity index (χ0v) is 17.6. The van der Waals surface area contributed by atoms with Gasteiger partial charge in [0.15, 0.2) is 0 Å². The zero-order chi connectivity index (χ0) is 21.5. The maximum atomic E-state index is 13.4. The fourth-order valence-electron chi connectivity index (χ4n) is 3.92. The van der Waals surface area contributed by atoms with Crippen molar-refractivity contribution >= 4 is 33.2 Å². The number of H-pyrrole nitrogens is 1. The van der Waals surface area contributed by atoms with E-state index in [1.54, 1.807) is 17.0 Å². The molecule has 0 bridgehead atoms. The summed E-state index contributed by atoms with van der Waals surface area (Å²) in [4.78, 5) is 25.8. The lowest BCUT2D eigenvalue weighted by molar-refractivity contribution is -0.384. The molecule has 1 atom stereocenters. The summed E-state index contributed by atoms with van der Waals surface area (Å²) in [6, 6.07) is 22.9. The SMILES string of the molecule is O=C1c2[nH]nc(-c3ccc(Br)cc3)c2C(c2ccc([N+](=O)[O-])cc2)N1c1ccccc1. The molecule has 0 radical (unpaired) electrons. The Morgan fingerprint density at radius 3 is 2.29 bits per heavy atom. The number of carbonyl (C=O) groups is 1. The molecule has 4 aromatic rings. The number of nitrogens with one attached hydrogen (secondary N) is 1. The number of hydrogen-bond acceptors (Lipinski definition) is 4. The third kappa shape index (κ3) is 3.21. The van der Waals surface area contributed by atoms with Gasteiger partial charge in [0.1, 0.15) is 5.69 Å². The number of para-hydroxylation sites is 1. The highest BCUT2D eigenvalue weighted by Gasteiger charge is 2.43. The van der Waals surface area contributed by atoms with Gasteiger partial charge in [-0.2, -0.15) is 5.10 Å². The third-order valence-electron chi connectivity index (χ3n) is 5.34. The lowest BCUT2D eigenvalue weighted by Crippen LogP contribution is -2.29. The molecule has 0 fully saturated rings. The molecule has 0 saturated carbocycles. The van der Waals surface area contributed by atoms with Crippen molar-refractivity contribution in [3.8, 4) is 11.3 Å². The Hall–Kier alpha value is -3.78. The normalized spacial score (nSPS) is 15.2. The number of nitro groups is 1. The largest absolute Gasteiger partial charge is 0.295 e. The second-order valence-corrected chi connectivity index (χ2v) is 8.05. The van der Waals surface area contributed by atoms with E-state index < -0.39 is 11.0 Å². The van der Waals surface area contributed by atoms with E-state index in [-0.39, 0.29) is 11.6 Å². The van der Waals surface area contributed by atoms with E-state index in [0.717, 1.165) is 26.9 Å². The van der Waals surface area contributed by atoms with Crippen molar-refractivity contribution in [1.82, 2.24) is 10.2 Å². The van der Waals surface area contributed by atoms with Crippen molar-refractivity contribution < 1.29 is 9.72 Å². The molecule has 7 nitrogen and oxygen atoms in total. The summed E-state index contributed by atoms with van der Waals surface area (Å²) in [7, 11) is 0. The van der Waals surface area contributed by atoms with Crippen LogP contribution in [0.2, 0.25) is 0 Å². The second kappa shape index (κ2) is 7.48. The van der Waals surface area contributed by atoms with Gasteiger partial charge in [-0.3, -0.25) is 24.9 Å². The number of aromatic amines is 1. The Bertz CT molecular complexity index is 1280. The molecular weight excluding hydrogens is 460 g/mol. The van der Waals surface area contributed by atoms with Crippen molar-refractivity contribution in [2.24, 2.45) is 0 Å². The average Bonchev–Trinajstić information content (AvgIpc) is 3.34. The number of amides is 1. The van der Waals surface area contributed by atoms with E-state index in [4.69, 9.17) is 0 Å². The molecule has 8 heteroatoms. The van der Waals surface area contributed by atoms with E-state index >= 15 is 0 Å². The molecule has 0 aliphatic carbocycles. The van der Waals surface area contributed by atoms with Crippen molar-refractivity contribution in [2.75, 3.05) is 4.90 Å². The Labute approximate surface area is 185 Å². The second-order valence-electron chi connectivity index (χ2n) is 7.13. The summed E-state index contributed by atoms with van der Waals surface area (Å²) in [5.74, 6) is -0.194.